The number of nitrogens with zero attached hydrogens (tertiary/aromatic N) is 1. The van der Waals surface area contributed by atoms with Crippen molar-refractivity contribution in [3.63, 3.8) is 0 Å². The number of rotatable bonds is 5. The monoisotopic (exact) mass is 374 g/mol. The van der Waals surface area contributed by atoms with Gasteiger partial charge in [-0.15, -0.1) is 0 Å². The van der Waals surface area contributed by atoms with E-state index in [1.54, 1.807) is 25.3 Å². The molecule has 0 spiro atoms. The van der Waals surface area contributed by atoms with Gasteiger partial charge in [0.2, 0.25) is 0 Å². The van der Waals surface area contributed by atoms with Crippen LogP contribution in [-0.2, 0) is 6.42 Å². The number of hydrogen-bond acceptors (Lipinski definition) is 5. The Morgan fingerprint density at radius 2 is 1.86 bits per heavy atom. The van der Waals surface area contributed by atoms with Crippen molar-refractivity contribution in [1.82, 2.24) is 10.2 Å². The van der Waals surface area contributed by atoms with E-state index < -0.39 is 0 Å². The number of H-pyrrole nitrogens is 1. The number of benzene rings is 2. The van der Waals surface area contributed by atoms with Crippen molar-refractivity contribution in [3.05, 3.63) is 70.4 Å². The number of aromatic nitrogens is 2. The standard InChI is InChI=1S/C22H18N2O4/c1-27-18-5-3-13(4-6-18)20-10-17(23-24-20)9-15-7-14-8-16(12-25)21(28-2)11-19(14)22(15)26/h3-6,8-12H,7H2,1-2H3,(H,23,24)/b15-9+. The van der Waals surface area contributed by atoms with Gasteiger partial charge in [-0.05, 0) is 54.1 Å². The highest BCUT2D eigenvalue weighted by atomic mass is 16.5. The quantitative estimate of drug-likeness (QED) is 0.544. The molecule has 0 fully saturated rings. The number of nitrogens with one attached hydrogen (secondary N) is 1. The molecular weight excluding hydrogens is 356 g/mol. The number of methoxy groups -OCH3 is 2. The minimum Gasteiger partial charge on any atom is -0.497 e. The second-order valence-electron chi connectivity index (χ2n) is 6.48. The maximum atomic E-state index is 12.8. The Morgan fingerprint density at radius 1 is 1.07 bits per heavy atom. The van der Waals surface area contributed by atoms with Gasteiger partial charge < -0.3 is 9.47 Å². The summed E-state index contributed by atoms with van der Waals surface area (Å²) in [4.78, 5) is 24.0. The molecule has 1 heterocycles. The van der Waals surface area contributed by atoms with Gasteiger partial charge in [-0.1, -0.05) is 0 Å². The molecule has 1 N–H and O–H groups in total. The summed E-state index contributed by atoms with van der Waals surface area (Å²) in [7, 11) is 3.11. The highest BCUT2D eigenvalue weighted by Crippen LogP contribution is 2.33. The number of ether oxygens (including phenoxy) is 2. The first kappa shape index (κ1) is 17.7. The van der Waals surface area contributed by atoms with Crippen molar-refractivity contribution in [2.24, 2.45) is 0 Å². The molecule has 0 unspecified atom stereocenters. The normalized spacial score (nSPS) is 14.2. The summed E-state index contributed by atoms with van der Waals surface area (Å²) in [5.41, 5.74) is 4.95. The molecule has 0 amide bonds. The van der Waals surface area contributed by atoms with Crippen LogP contribution in [0.4, 0.5) is 0 Å². The largest absolute Gasteiger partial charge is 0.497 e. The van der Waals surface area contributed by atoms with E-state index in [9.17, 15) is 9.59 Å². The van der Waals surface area contributed by atoms with E-state index in [2.05, 4.69) is 10.2 Å². The minimum absolute atomic E-state index is 0.0636. The molecule has 1 aliphatic carbocycles. The van der Waals surface area contributed by atoms with Crippen LogP contribution in [-0.4, -0.2) is 36.5 Å². The zero-order chi connectivity index (χ0) is 19.7. The molecule has 28 heavy (non-hydrogen) atoms. The summed E-state index contributed by atoms with van der Waals surface area (Å²) < 4.78 is 10.4. The van der Waals surface area contributed by atoms with Crippen LogP contribution in [0.25, 0.3) is 17.3 Å². The van der Waals surface area contributed by atoms with Gasteiger partial charge in [0, 0.05) is 23.1 Å². The van der Waals surface area contributed by atoms with Crippen LogP contribution < -0.4 is 9.47 Å². The summed E-state index contributed by atoms with van der Waals surface area (Å²) >= 11 is 0. The molecule has 0 saturated carbocycles. The summed E-state index contributed by atoms with van der Waals surface area (Å²) in [6, 6.07) is 12.8. The average Bonchev–Trinajstić information content (AvgIpc) is 3.32. The van der Waals surface area contributed by atoms with Crippen molar-refractivity contribution in [2.75, 3.05) is 14.2 Å². The topological polar surface area (TPSA) is 81.3 Å². The van der Waals surface area contributed by atoms with E-state index in [1.807, 2.05) is 30.3 Å². The summed E-state index contributed by atoms with van der Waals surface area (Å²) in [6.07, 6.45) is 3.01. The first-order chi connectivity index (χ1) is 13.6. The molecule has 1 aliphatic rings. The van der Waals surface area contributed by atoms with Gasteiger partial charge in [0.25, 0.3) is 0 Å². The van der Waals surface area contributed by atoms with Crippen molar-refractivity contribution in [3.8, 4) is 22.8 Å². The highest BCUT2D eigenvalue weighted by molar-refractivity contribution is 6.16. The van der Waals surface area contributed by atoms with Crippen molar-refractivity contribution >= 4 is 18.1 Å². The Labute approximate surface area is 161 Å². The molecular formula is C22H18N2O4. The number of hydrogen-bond donors (Lipinski definition) is 1. The zero-order valence-corrected chi connectivity index (χ0v) is 15.5. The Balaban J connectivity index is 1.62. The predicted octanol–water partition coefficient (Wildman–Crippen LogP) is 3.73. The van der Waals surface area contributed by atoms with Crippen molar-refractivity contribution in [1.29, 1.82) is 0 Å². The first-order valence-corrected chi connectivity index (χ1v) is 8.74. The fraction of sp³-hybridized carbons (Fsp3) is 0.136. The minimum atomic E-state index is -0.0636. The second-order valence-corrected chi connectivity index (χ2v) is 6.48. The van der Waals surface area contributed by atoms with Crippen LogP contribution in [0.2, 0.25) is 0 Å². The zero-order valence-electron chi connectivity index (χ0n) is 15.5. The molecule has 0 radical (unpaired) electrons. The van der Waals surface area contributed by atoms with Gasteiger partial charge >= 0.3 is 0 Å². The number of aromatic amines is 1. The lowest BCUT2D eigenvalue weighted by atomic mass is 10.1. The van der Waals surface area contributed by atoms with E-state index >= 15 is 0 Å². The lowest BCUT2D eigenvalue weighted by Gasteiger charge is -2.05. The average molecular weight is 374 g/mol. The summed E-state index contributed by atoms with van der Waals surface area (Å²) in [5, 5.41) is 7.29. The second kappa shape index (κ2) is 7.15. The predicted molar refractivity (Wildman–Crippen MR) is 105 cm³/mol. The molecule has 0 bridgehead atoms. The maximum absolute atomic E-state index is 12.8. The highest BCUT2D eigenvalue weighted by Gasteiger charge is 2.27. The van der Waals surface area contributed by atoms with Gasteiger partial charge in [-0.2, -0.15) is 5.10 Å². The van der Waals surface area contributed by atoms with Crippen LogP contribution in [0, 0.1) is 0 Å². The Kier molecular flexibility index (Phi) is 4.53. The molecule has 140 valence electrons. The van der Waals surface area contributed by atoms with E-state index in [1.165, 1.54) is 7.11 Å². The third kappa shape index (κ3) is 3.09. The Morgan fingerprint density at radius 3 is 2.54 bits per heavy atom. The SMILES string of the molecule is COc1ccc(-c2cc(/C=C3\Cc4cc(C=O)c(OC)cc4C3=O)[nH]n2)cc1. The molecule has 0 atom stereocenters. The van der Waals surface area contributed by atoms with Crippen LogP contribution in [0.5, 0.6) is 11.5 Å². The molecule has 1 aromatic heterocycles. The Hall–Kier alpha value is -3.67. The molecule has 3 aromatic rings. The van der Waals surface area contributed by atoms with E-state index in [0.29, 0.717) is 28.9 Å². The van der Waals surface area contributed by atoms with Crippen LogP contribution in [0.3, 0.4) is 0 Å². The third-order valence-corrected chi connectivity index (χ3v) is 4.81. The van der Waals surface area contributed by atoms with Crippen LogP contribution in [0.15, 0.2) is 48.0 Å². The number of ketones is 1. The molecule has 6 heteroatoms. The van der Waals surface area contributed by atoms with Crippen molar-refractivity contribution < 1.29 is 19.1 Å². The van der Waals surface area contributed by atoms with Gasteiger partial charge in [-0.25, -0.2) is 0 Å². The van der Waals surface area contributed by atoms with Crippen LogP contribution >= 0.6 is 0 Å². The van der Waals surface area contributed by atoms with Gasteiger partial charge in [-0.3, -0.25) is 14.7 Å². The lowest BCUT2D eigenvalue weighted by Crippen LogP contribution is -1.98. The molecule has 4 rings (SSSR count). The fourth-order valence-corrected chi connectivity index (χ4v) is 3.35. The molecule has 6 nitrogen and oxygen atoms in total. The number of allylic oxidation sites excluding steroid dienone is 1. The van der Waals surface area contributed by atoms with E-state index in [-0.39, 0.29) is 5.78 Å². The third-order valence-electron chi connectivity index (χ3n) is 4.81. The number of fused-ring (bicyclic) bond motifs is 1. The Bertz CT molecular complexity index is 1090. The van der Waals surface area contributed by atoms with E-state index in [4.69, 9.17) is 9.47 Å². The first-order valence-electron chi connectivity index (χ1n) is 8.74. The smallest absolute Gasteiger partial charge is 0.189 e. The lowest BCUT2D eigenvalue weighted by molar-refractivity contribution is 0.103. The number of Topliss-reactive ketones (excluding diaryl/α,β-unsaturated/α-hetero) is 1. The van der Waals surface area contributed by atoms with Crippen molar-refractivity contribution in [2.45, 2.75) is 6.42 Å². The number of carbonyl (C=O) groups excluding carboxylic acids is 2. The maximum Gasteiger partial charge on any atom is 0.189 e. The summed E-state index contributed by atoms with van der Waals surface area (Å²) in [5.74, 6) is 1.12. The van der Waals surface area contributed by atoms with Crippen LogP contribution in [0.1, 0.15) is 32.0 Å². The summed E-state index contributed by atoms with van der Waals surface area (Å²) in [6.45, 7) is 0. The molecule has 2 aromatic carbocycles. The number of aldehydes is 1. The van der Waals surface area contributed by atoms with Gasteiger partial charge in [0.1, 0.15) is 11.5 Å². The van der Waals surface area contributed by atoms with E-state index in [0.717, 1.165) is 34.6 Å². The molecule has 0 saturated heterocycles. The fourth-order valence-electron chi connectivity index (χ4n) is 3.35. The number of carbonyl (C=O) groups is 2. The molecule has 0 aliphatic heterocycles. The van der Waals surface area contributed by atoms with Gasteiger partial charge in [0.05, 0.1) is 31.2 Å². The van der Waals surface area contributed by atoms with Gasteiger partial charge in [0.15, 0.2) is 12.1 Å².